The molecule has 0 aliphatic carbocycles. The number of rotatable bonds is 10. The molecule has 0 bridgehead atoms. The molecule has 0 spiro atoms. The lowest BCUT2D eigenvalue weighted by Crippen LogP contribution is -2.30. The molecule has 34 heavy (non-hydrogen) atoms. The minimum Gasteiger partial charge on any atom is -0.493 e. The summed E-state index contributed by atoms with van der Waals surface area (Å²) >= 11 is 1.35. The second kappa shape index (κ2) is 11.1. The quantitative estimate of drug-likeness (QED) is 0.418. The first-order valence-electron chi connectivity index (χ1n) is 10.7. The zero-order valence-electron chi connectivity index (χ0n) is 19.9. The van der Waals surface area contributed by atoms with Crippen LogP contribution in [0.5, 0.6) is 11.5 Å². The Bertz CT molecular complexity index is 1320. The van der Waals surface area contributed by atoms with Gasteiger partial charge in [0.1, 0.15) is 0 Å². The lowest BCUT2D eigenvalue weighted by Gasteiger charge is -2.18. The highest BCUT2D eigenvalue weighted by Gasteiger charge is 2.22. The number of carbonyl (C=O) groups is 1. The number of carbonyl (C=O) groups excluding carboxylic acids is 1. The molecule has 0 aliphatic rings. The third-order valence-corrected chi connectivity index (χ3v) is 8.45. The Morgan fingerprint density at radius 3 is 2.21 bits per heavy atom. The molecule has 2 aromatic carbocycles. The van der Waals surface area contributed by atoms with E-state index in [2.05, 4.69) is 4.99 Å². The molecule has 0 atom stereocenters. The van der Waals surface area contributed by atoms with Gasteiger partial charge in [-0.15, -0.1) is 0 Å². The molecule has 1 amide bonds. The molecule has 0 saturated heterocycles. The van der Waals surface area contributed by atoms with Crippen LogP contribution in [0.2, 0.25) is 0 Å². The Morgan fingerprint density at radius 2 is 1.65 bits per heavy atom. The number of aromatic nitrogens is 1. The summed E-state index contributed by atoms with van der Waals surface area (Å²) in [6.07, 6.45) is 0. The highest BCUT2D eigenvalue weighted by Crippen LogP contribution is 2.33. The Morgan fingerprint density at radius 1 is 1.03 bits per heavy atom. The van der Waals surface area contributed by atoms with E-state index in [4.69, 9.17) is 14.2 Å². The van der Waals surface area contributed by atoms with Gasteiger partial charge in [-0.3, -0.25) is 4.79 Å². The normalized spacial score (nSPS) is 12.5. The van der Waals surface area contributed by atoms with Crippen LogP contribution in [-0.4, -0.2) is 64.2 Å². The van der Waals surface area contributed by atoms with Crippen molar-refractivity contribution in [2.45, 2.75) is 25.3 Å². The Hall–Kier alpha value is -2.73. The number of methoxy groups -OCH3 is 3. The molecule has 0 N–H and O–H groups in total. The monoisotopic (exact) mass is 507 g/mol. The zero-order chi connectivity index (χ0) is 24.9. The van der Waals surface area contributed by atoms with Crippen molar-refractivity contribution < 1.29 is 27.4 Å². The lowest BCUT2D eigenvalue weighted by atomic mass is 10.2. The molecule has 1 aromatic heterocycles. The SMILES string of the molecule is CCN(CC)S(=O)(=O)c1ccc(C(=O)N=c2sc3cc(OC)c(OC)cc3n2CCOC)cc1. The Balaban J connectivity index is 2.03. The molecule has 9 nitrogen and oxygen atoms in total. The number of fused-ring (bicyclic) bond motifs is 1. The predicted octanol–water partition coefficient (Wildman–Crippen LogP) is 3.14. The minimum atomic E-state index is -3.60. The average molecular weight is 508 g/mol. The van der Waals surface area contributed by atoms with Crippen LogP contribution in [0, 0.1) is 0 Å². The summed E-state index contributed by atoms with van der Waals surface area (Å²) in [5, 5.41) is 0. The number of ether oxygens (including phenoxy) is 3. The maximum absolute atomic E-state index is 13.0. The van der Waals surface area contributed by atoms with Crippen LogP contribution in [0.3, 0.4) is 0 Å². The van der Waals surface area contributed by atoms with Crippen molar-refractivity contribution in [1.29, 1.82) is 0 Å². The number of thiazole rings is 1. The minimum absolute atomic E-state index is 0.143. The number of hydrogen-bond acceptors (Lipinski definition) is 7. The molecule has 3 rings (SSSR count). The molecular formula is C23H29N3O6S2. The molecule has 0 radical (unpaired) electrons. The summed E-state index contributed by atoms with van der Waals surface area (Å²) in [7, 11) is 1.14. The van der Waals surface area contributed by atoms with Gasteiger partial charge in [0.25, 0.3) is 5.91 Å². The lowest BCUT2D eigenvalue weighted by molar-refractivity contribution is 0.0997. The molecule has 0 fully saturated rings. The van der Waals surface area contributed by atoms with E-state index in [9.17, 15) is 13.2 Å². The fraction of sp³-hybridized carbons (Fsp3) is 0.391. The summed E-state index contributed by atoms with van der Waals surface area (Å²) in [6, 6.07) is 9.55. The molecule has 11 heteroatoms. The third-order valence-electron chi connectivity index (χ3n) is 5.35. The van der Waals surface area contributed by atoms with Crippen LogP contribution < -0.4 is 14.3 Å². The van der Waals surface area contributed by atoms with Crippen LogP contribution in [0.15, 0.2) is 46.3 Å². The summed E-state index contributed by atoms with van der Waals surface area (Å²) in [6.45, 7) is 5.23. The first-order chi connectivity index (χ1) is 16.3. The summed E-state index contributed by atoms with van der Waals surface area (Å²) in [5.74, 6) is 0.684. The molecule has 0 aliphatic heterocycles. The maximum atomic E-state index is 13.0. The van der Waals surface area contributed by atoms with Gasteiger partial charge < -0.3 is 18.8 Å². The van der Waals surface area contributed by atoms with Crippen molar-refractivity contribution in [3.63, 3.8) is 0 Å². The second-order valence-electron chi connectivity index (χ2n) is 7.23. The molecule has 0 unspecified atom stereocenters. The van der Waals surface area contributed by atoms with Crippen molar-refractivity contribution in [3.8, 4) is 11.5 Å². The van der Waals surface area contributed by atoms with Gasteiger partial charge in [-0.2, -0.15) is 9.30 Å². The first kappa shape index (κ1) is 25.9. The largest absolute Gasteiger partial charge is 0.493 e. The Labute approximate surface area is 203 Å². The van der Waals surface area contributed by atoms with Crippen LogP contribution in [0.4, 0.5) is 0 Å². The summed E-state index contributed by atoms with van der Waals surface area (Å²) < 4.78 is 45.6. The van der Waals surface area contributed by atoms with Crippen molar-refractivity contribution >= 4 is 37.5 Å². The molecule has 1 heterocycles. The standard InChI is InChI=1S/C23H29N3O6S2/c1-6-25(7-2)34(28,29)17-10-8-16(9-11-17)22(27)24-23-26(12-13-30-3)18-14-19(31-4)20(32-5)15-21(18)33-23/h8-11,14-15H,6-7,12-13H2,1-5H3. The van der Waals surface area contributed by atoms with E-state index in [-0.39, 0.29) is 4.90 Å². The summed E-state index contributed by atoms with van der Waals surface area (Å²) in [4.78, 5) is 17.9. The van der Waals surface area contributed by atoms with Gasteiger partial charge in [-0.05, 0) is 24.3 Å². The smallest absolute Gasteiger partial charge is 0.279 e. The topological polar surface area (TPSA) is 99.4 Å². The number of sulfonamides is 1. The van der Waals surface area contributed by atoms with Gasteiger partial charge >= 0.3 is 0 Å². The van der Waals surface area contributed by atoms with Gasteiger partial charge in [0.05, 0.1) is 35.9 Å². The third kappa shape index (κ3) is 5.17. The van der Waals surface area contributed by atoms with Crippen LogP contribution in [-0.2, 0) is 21.3 Å². The zero-order valence-corrected chi connectivity index (χ0v) is 21.5. The second-order valence-corrected chi connectivity index (χ2v) is 10.2. The Kier molecular flexibility index (Phi) is 8.47. The average Bonchev–Trinajstić information content (AvgIpc) is 3.17. The van der Waals surface area contributed by atoms with Crippen LogP contribution in [0.1, 0.15) is 24.2 Å². The van der Waals surface area contributed by atoms with E-state index in [0.29, 0.717) is 48.1 Å². The highest BCUT2D eigenvalue weighted by molar-refractivity contribution is 7.89. The number of amides is 1. The summed E-state index contributed by atoms with van der Waals surface area (Å²) in [5.41, 5.74) is 1.14. The van der Waals surface area contributed by atoms with E-state index in [1.807, 2.05) is 16.7 Å². The molecular weight excluding hydrogens is 478 g/mol. The maximum Gasteiger partial charge on any atom is 0.279 e. The van der Waals surface area contributed by atoms with Crippen molar-refractivity contribution in [3.05, 3.63) is 46.8 Å². The van der Waals surface area contributed by atoms with Crippen molar-refractivity contribution in [2.24, 2.45) is 4.99 Å². The first-order valence-corrected chi connectivity index (χ1v) is 13.0. The molecule has 3 aromatic rings. The predicted molar refractivity (Wildman–Crippen MR) is 131 cm³/mol. The number of nitrogens with zero attached hydrogens (tertiary/aromatic N) is 3. The van der Waals surface area contributed by atoms with Gasteiger partial charge in [0.15, 0.2) is 16.3 Å². The van der Waals surface area contributed by atoms with E-state index < -0.39 is 15.9 Å². The number of benzene rings is 2. The fourth-order valence-electron chi connectivity index (χ4n) is 3.51. The van der Waals surface area contributed by atoms with Gasteiger partial charge in [0.2, 0.25) is 10.0 Å². The number of hydrogen-bond donors (Lipinski definition) is 0. The van der Waals surface area contributed by atoms with E-state index >= 15 is 0 Å². The van der Waals surface area contributed by atoms with Gasteiger partial charge in [-0.25, -0.2) is 8.42 Å². The van der Waals surface area contributed by atoms with E-state index in [0.717, 1.165) is 10.2 Å². The van der Waals surface area contributed by atoms with Crippen LogP contribution >= 0.6 is 11.3 Å². The molecule has 0 saturated carbocycles. The van der Waals surface area contributed by atoms with Crippen molar-refractivity contribution in [2.75, 3.05) is 41.0 Å². The van der Waals surface area contributed by atoms with E-state index in [1.54, 1.807) is 35.2 Å². The van der Waals surface area contributed by atoms with Crippen molar-refractivity contribution in [1.82, 2.24) is 8.87 Å². The van der Waals surface area contributed by atoms with Gasteiger partial charge in [0, 0.05) is 44.4 Å². The van der Waals surface area contributed by atoms with Crippen LogP contribution in [0.25, 0.3) is 10.2 Å². The highest BCUT2D eigenvalue weighted by atomic mass is 32.2. The fourth-order valence-corrected chi connectivity index (χ4v) is 6.04. The van der Waals surface area contributed by atoms with Gasteiger partial charge in [-0.1, -0.05) is 25.2 Å². The van der Waals surface area contributed by atoms with E-state index in [1.165, 1.54) is 39.9 Å². The molecule has 184 valence electrons.